The van der Waals surface area contributed by atoms with Gasteiger partial charge in [-0.2, -0.15) is 0 Å². The van der Waals surface area contributed by atoms with Crippen LogP contribution < -0.4 is 5.32 Å². The van der Waals surface area contributed by atoms with E-state index in [0.29, 0.717) is 17.5 Å². The van der Waals surface area contributed by atoms with Crippen LogP contribution in [0, 0.1) is 5.92 Å². The number of amides is 1. The average molecular weight is 358 g/mol. The van der Waals surface area contributed by atoms with Crippen molar-refractivity contribution >= 4 is 35.1 Å². The summed E-state index contributed by atoms with van der Waals surface area (Å²) in [5.41, 5.74) is 0.197. The number of halogens is 2. The van der Waals surface area contributed by atoms with Crippen molar-refractivity contribution in [1.29, 1.82) is 0 Å². The zero-order valence-electron chi connectivity index (χ0n) is 13.1. The summed E-state index contributed by atoms with van der Waals surface area (Å²) in [5.74, 6) is -0.387. The Morgan fingerprint density at radius 2 is 1.96 bits per heavy atom. The molecule has 0 radical (unpaired) electrons. The lowest BCUT2D eigenvalue weighted by molar-refractivity contribution is -0.129. The van der Waals surface area contributed by atoms with Crippen LogP contribution in [-0.4, -0.2) is 24.5 Å². The van der Waals surface area contributed by atoms with Crippen LogP contribution in [0.15, 0.2) is 18.2 Å². The first-order chi connectivity index (χ1) is 11.0. The minimum atomic E-state index is -0.863. The SMILES string of the molecule is CC(OC(=O)c1ccc(Cl)cc1Cl)C(=O)NCC1CCCCC1. The molecule has 0 heterocycles. The number of esters is 1. The van der Waals surface area contributed by atoms with E-state index in [1.807, 2.05) is 0 Å². The second kappa shape index (κ2) is 8.55. The van der Waals surface area contributed by atoms with Gasteiger partial charge in [0.2, 0.25) is 0 Å². The van der Waals surface area contributed by atoms with E-state index in [2.05, 4.69) is 5.32 Å². The summed E-state index contributed by atoms with van der Waals surface area (Å²) < 4.78 is 5.18. The molecular formula is C17H21Cl2NO3. The molecule has 23 heavy (non-hydrogen) atoms. The van der Waals surface area contributed by atoms with E-state index in [1.165, 1.54) is 31.4 Å². The van der Waals surface area contributed by atoms with Gasteiger partial charge in [-0.3, -0.25) is 4.79 Å². The monoisotopic (exact) mass is 357 g/mol. The zero-order valence-corrected chi connectivity index (χ0v) is 14.6. The Bertz CT molecular complexity index is 571. The van der Waals surface area contributed by atoms with E-state index in [9.17, 15) is 9.59 Å². The largest absolute Gasteiger partial charge is 0.449 e. The molecule has 4 nitrogen and oxygen atoms in total. The third kappa shape index (κ3) is 5.40. The molecule has 1 unspecified atom stereocenters. The van der Waals surface area contributed by atoms with Crippen molar-refractivity contribution in [3.8, 4) is 0 Å². The van der Waals surface area contributed by atoms with Crippen LogP contribution >= 0.6 is 23.2 Å². The minimum absolute atomic E-state index is 0.197. The van der Waals surface area contributed by atoms with E-state index in [4.69, 9.17) is 27.9 Å². The van der Waals surface area contributed by atoms with Gasteiger partial charge in [0.05, 0.1) is 10.6 Å². The summed E-state index contributed by atoms with van der Waals surface area (Å²) in [5, 5.41) is 3.50. The summed E-state index contributed by atoms with van der Waals surface area (Å²) in [4.78, 5) is 24.1. The van der Waals surface area contributed by atoms with Crippen LogP contribution in [0.1, 0.15) is 49.4 Å². The standard InChI is InChI=1S/C17H21Cl2NO3/c1-11(16(21)20-10-12-5-3-2-4-6-12)23-17(22)14-8-7-13(18)9-15(14)19/h7-9,11-12H,2-6,10H2,1H3,(H,20,21). The number of carbonyl (C=O) groups is 2. The summed E-state index contributed by atoms with van der Waals surface area (Å²) in [6.45, 7) is 2.19. The second-order valence-electron chi connectivity index (χ2n) is 5.92. The molecule has 0 aliphatic heterocycles. The first kappa shape index (κ1) is 18.1. The Morgan fingerprint density at radius 1 is 1.26 bits per heavy atom. The van der Waals surface area contributed by atoms with E-state index < -0.39 is 12.1 Å². The molecule has 2 rings (SSSR count). The van der Waals surface area contributed by atoms with Gasteiger partial charge in [0, 0.05) is 11.6 Å². The van der Waals surface area contributed by atoms with Crippen LogP contribution in [0.2, 0.25) is 10.0 Å². The van der Waals surface area contributed by atoms with Gasteiger partial charge >= 0.3 is 5.97 Å². The first-order valence-corrected chi connectivity index (χ1v) is 8.66. The predicted molar refractivity (Wildman–Crippen MR) is 90.9 cm³/mol. The lowest BCUT2D eigenvalue weighted by atomic mass is 9.89. The zero-order chi connectivity index (χ0) is 16.8. The van der Waals surface area contributed by atoms with Crippen molar-refractivity contribution in [2.24, 2.45) is 5.92 Å². The maximum Gasteiger partial charge on any atom is 0.340 e. The van der Waals surface area contributed by atoms with Crippen molar-refractivity contribution in [3.05, 3.63) is 33.8 Å². The van der Waals surface area contributed by atoms with E-state index >= 15 is 0 Å². The van der Waals surface area contributed by atoms with Gasteiger partial charge in [0.15, 0.2) is 6.10 Å². The number of hydrogen-bond acceptors (Lipinski definition) is 3. The molecule has 0 saturated heterocycles. The van der Waals surface area contributed by atoms with Crippen LogP contribution in [0.25, 0.3) is 0 Å². The lowest BCUT2D eigenvalue weighted by Crippen LogP contribution is -2.38. The van der Waals surface area contributed by atoms with Gasteiger partial charge in [-0.05, 0) is 43.9 Å². The lowest BCUT2D eigenvalue weighted by Gasteiger charge is -2.22. The number of hydrogen-bond donors (Lipinski definition) is 1. The number of carbonyl (C=O) groups excluding carboxylic acids is 2. The highest BCUT2D eigenvalue weighted by molar-refractivity contribution is 6.36. The van der Waals surface area contributed by atoms with Gasteiger partial charge in [0.1, 0.15) is 0 Å². The Kier molecular flexibility index (Phi) is 6.72. The molecule has 1 aromatic rings. The minimum Gasteiger partial charge on any atom is -0.449 e. The van der Waals surface area contributed by atoms with E-state index in [0.717, 1.165) is 12.8 Å². The van der Waals surface area contributed by atoms with Crippen molar-refractivity contribution in [2.45, 2.75) is 45.1 Å². The Morgan fingerprint density at radius 3 is 2.61 bits per heavy atom. The molecule has 1 atom stereocenters. The molecular weight excluding hydrogens is 337 g/mol. The Hall–Kier alpha value is -1.26. The van der Waals surface area contributed by atoms with Crippen molar-refractivity contribution < 1.29 is 14.3 Å². The number of benzene rings is 1. The second-order valence-corrected chi connectivity index (χ2v) is 6.76. The van der Waals surface area contributed by atoms with Crippen LogP contribution in [0.4, 0.5) is 0 Å². The third-order valence-corrected chi connectivity index (χ3v) is 4.64. The highest BCUT2D eigenvalue weighted by Gasteiger charge is 2.22. The maximum atomic E-state index is 12.1. The quantitative estimate of drug-likeness (QED) is 0.802. The van der Waals surface area contributed by atoms with Gasteiger partial charge in [-0.15, -0.1) is 0 Å². The van der Waals surface area contributed by atoms with Crippen LogP contribution in [0.5, 0.6) is 0 Å². The number of rotatable bonds is 5. The molecule has 0 aromatic heterocycles. The summed E-state index contributed by atoms with van der Waals surface area (Å²) in [7, 11) is 0. The highest BCUT2D eigenvalue weighted by Crippen LogP contribution is 2.23. The fourth-order valence-corrected chi connectivity index (χ4v) is 3.20. The summed E-state index contributed by atoms with van der Waals surface area (Å²) in [6.07, 6.45) is 5.16. The van der Waals surface area contributed by atoms with Crippen molar-refractivity contribution in [3.63, 3.8) is 0 Å². The molecule has 6 heteroatoms. The predicted octanol–water partition coefficient (Wildman–Crippen LogP) is 4.24. The van der Waals surface area contributed by atoms with E-state index in [1.54, 1.807) is 13.0 Å². The average Bonchev–Trinajstić information content (AvgIpc) is 2.53. The topological polar surface area (TPSA) is 55.4 Å². The molecule has 1 aliphatic rings. The number of ether oxygens (including phenoxy) is 1. The molecule has 1 aliphatic carbocycles. The molecule has 1 fully saturated rings. The fraction of sp³-hybridized carbons (Fsp3) is 0.529. The molecule has 1 amide bonds. The van der Waals surface area contributed by atoms with E-state index in [-0.39, 0.29) is 16.5 Å². The molecule has 126 valence electrons. The molecule has 0 bridgehead atoms. The number of nitrogens with one attached hydrogen (secondary N) is 1. The normalized spacial score (nSPS) is 16.7. The first-order valence-electron chi connectivity index (χ1n) is 7.91. The van der Waals surface area contributed by atoms with Crippen LogP contribution in [-0.2, 0) is 9.53 Å². The van der Waals surface area contributed by atoms with Gasteiger partial charge in [-0.25, -0.2) is 4.79 Å². The molecule has 1 saturated carbocycles. The maximum absolute atomic E-state index is 12.1. The van der Waals surface area contributed by atoms with Gasteiger partial charge in [-0.1, -0.05) is 42.5 Å². The summed E-state index contributed by atoms with van der Waals surface area (Å²) in [6, 6.07) is 4.50. The third-order valence-electron chi connectivity index (χ3n) is 4.09. The Labute approximate surface area is 146 Å². The summed E-state index contributed by atoms with van der Waals surface area (Å²) >= 11 is 11.8. The molecule has 0 spiro atoms. The smallest absolute Gasteiger partial charge is 0.340 e. The van der Waals surface area contributed by atoms with Crippen molar-refractivity contribution in [2.75, 3.05) is 6.54 Å². The fourth-order valence-electron chi connectivity index (χ4n) is 2.71. The highest BCUT2D eigenvalue weighted by atomic mass is 35.5. The Balaban J connectivity index is 1.83. The van der Waals surface area contributed by atoms with Crippen LogP contribution in [0.3, 0.4) is 0 Å². The van der Waals surface area contributed by atoms with Gasteiger partial charge in [0.25, 0.3) is 5.91 Å². The molecule has 1 aromatic carbocycles. The van der Waals surface area contributed by atoms with Crippen molar-refractivity contribution in [1.82, 2.24) is 5.32 Å². The molecule has 1 N–H and O–H groups in total. The van der Waals surface area contributed by atoms with Gasteiger partial charge < -0.3 is 10.1 Å².